The summed E-state index contributed by atoms with van der Waals surface area (Å²) in [4.78, 5) is 24.2. The van der Waals surface area contributed by atoms with Crippen LogP contribution in [-0.2, 0) is 19.0 Å². The highest BCUT2D eigenvalue weighted by Gasteiger charge is 2.36. The van der Waals surface area contributed by atoms with E-state index in [1.807, 2.05) is 19.0 Å². The van der Waals surface area contributed by atoms with Crippen LogP contribution >= 0.6 is 24.4 Å². The lowest BCUT2D eigenvalue weighted by atomic mass is 9.91. The second-order valence-corrected chi connectivity index (χ2v) is 10.3. The molecule has 1 heterocycles. The number of carbonyl (C=O) groups is 1. The SMILES string of the molecule is CN(C)c1nc(NC2CCC(NC(=O)N(S)c3ccc(Cl)cc3C(F)(F)F)CC2)nc2c1CCCC2. The van der Waals surface area contributed by atoms with Gasteiger partial charge in [-0.25, -0.2) is 14.1 Å². The Labute approximate surface area is 219 Å². The van der Waals surface area contributed by atoms with E-state index < -0.39 is 17.8 Å². The van der Waals surface area contributed by atoms with Gasteiger partial charge in [-0.05, 0) is 69.6 Å². The van der Waals surface area contributed by atoms with Crippen molar-refractivity contribution in [3.63, 3.8) is 0 Å². The lowest BCUT2D eigenvalue weighted by molar-refractivity contribution is -0.137. The summed E-state index contributed by atoms with van der Waals surface area (Å²) in [7, 11) is 3.97. The number of anilines is 3. The number of nitrogens with zero attached hydrogens (tertiary/aromatic N) is 4. The number of urea groups is 1. The second-order valence-electron chi connectivity index (χ2n) is 9.51. The van der Waals surface area contributed by atoms with Gasteiger partial charge in [0, 0.05) is 36.8 Å². The monoisotopic (exact) mass is 542 g/mol. The molecule has 0 bridgehead atoms. The van der Waals surface area contributed by atoms with Crippen LogP contribution in [0.4, 0.5) is 35.4 Å². The number of carbonyl (C=O) groups excluding carboxylic acids is 1. The number of hydrogen-bond acceptors (Lipinski definition) is 6. The molecule has 0 aliphatic heterocycles. The molecule has 2 N–H and O–H groups in total. The molecule has 12 heteroatoms. The van der Waals surface area contributed by atoms with Crippen molar-refractivity contribution in [3.05, 3.63) is 40.0 Å². The zero-order valence-corrected chi connectivity index (χ0v) is 21.9. The van der Waals surface area contributed by atoms with Gasteiger partial charge in [-0.2, -0.15) is 18.2 Å². The summed E-state index contributed by atoms with van der Waals surface area (Å²) in [5.41, 5.74) is 0.950. The third kappa shape index (κ3) is 6.11. The topological polar surface area (TPSA) is 73.4 Å². The van der Waals surface area contributed by atoms with E-state index in [1.54, 1.807) is 0 Å². The first-order valence-electron chi connectivity index (χ1n) is 12.0. The average molecular weight is 543 g/mol. The van der Waals surface area contributed by atoms with Crippen LogP contribution in [0.3, 0.4) is 0 Å². The van der Waals surface area contributed by atoms with Crippen molar-refractivity contribution in [1.82, 2.24) is 15.3 Å². The molecule has 1 saturated carbocycles. The molecule has 0 radical (unpaired) electrons. The molecule has 7 nitrogen and oxygen atoms in total. The number of halogens is 4. The average Bonchev–Trinajstić information content (AvgIpc) is 2.83. The number of thiol groups is 1. The van der Waals surface area contributed by atoms with Crippen LogP contribution in [0.25, 0.3) is 0 Å². The quantitative estimate of drug-likeness (QED) is 0.412. The van der Waals surface area contributed by atoms with Crippen molar-refractivity contribution in [2.75, 3.05) is 28.6 Å². The number of benzene rings is 1. The van der Waals surface area contributed by atoms with Crippen LogP contribution in [0.5, 0.6) is 0 Å². The van der Waals surface area contributed by atoms with Gasteiger partial charge in [0.2, 0.25) is 5.95 Å². The molecule has 196 valence electrons. The van der Waals surface area contributed by atoms with Gasteiger partial charge in [-0.3, -0.25) is 0 Å². The number of nitrogens with one attached hydrogen (secondary N) is 2. The minimum atomic E-state index is -4.67. The largest absolute Gasteiger partial charge is 0.418 e. The minimum absolute atomic E-state index is 0.0698. The summed E-state index contributed by atoms with van der Waals surface area (Å²) in [5.74, 6) is 1.58. The standard InChI is InChI=1S/C24H30ClF3N6OS/c1-33(2)21-17-5-3-4-6-19(17)31-22(32-21)29-15-8-10-16(11-9-15)30-23(35)34(36)20-12-7-14(25)13-18(20)24(26,27)28/h7,12-13,15-16,36H,3-6,8-11H2,1-2H3,(H,30,35)(H,29,31,32). The van der Waals surface area contributed by atoms with Crippen molar-refractivity contribution < 1.29 is 18.0 Å². The minimum Gasteiger partial charge on any atom is -0.362 e. The van der Waals surface area contributed by atoms with E-state index >= 15 is 0 Å². The van der Waals surface area contributed by atoms with E-state index in [9.17, 15) is 18.0 Å². The Kier molecular flexibility index (Phi) is 8.09. The Morgan fingerprint density at radius 3 is 2.42 bits per heavy atom. The zero-order valence-electron chi connectivity index (χ0n) is 20.2. The Hall–Kier alpha value is -2.40. The molecular weight excluding hydrogens is 513 g/mol. The molecule has 2 aromatic rings. The van der Waals surface area contributed by atoms with Crippen LogP contribution in [0.2, 0.25) is 5.02 Å². The maximum Gasteiger partial charge on any atom is 0.418 e. The van der Waals surface area contributed by atoms with Crippen molar-refractivity contribution in [2.45, 2.75) is 69.6 Å². The Morgan fingerprint density at radius 2 is 1.75 bits per heavy atom. The number of aromatic nitrogens is 2. The summed E-state index contributed by atoms with van der Waals surface area (Å²) < 4.78 is 41.0. The highest BCUT2D eigenvalue weighted by Crippen LogP contribution is 2.39. The summed E-state index contributed by atoms with van der Waals surface area (Å²) in [6.45, 7) is 0. The first-order chi connectivity index (χ1) is 17.0. The fourth-order valence-electron chi connectivity index (χ4n) is 4.84. The third-order valence-electron chi connectivity index (χ3n) is 6.66. The van der Waals surface area contributed by atoms with Crippen LogP contribution in [0.15, 0.2) is 18.2 Å². The summed E-state index contributed by atoms with van der Waals surface area (Å²) in [5, 5.41) is 6.19. The van der Waals surface area contributed by atoms with E-state index in [0.29, 0.717) is 23.1 Å². The van der Waals surface area contributed by atoms with Crippen LogP contribution in [0, 0.1) is 0 Å². The van der Waals surface area contributed by atoms with Gasteiger partial charge in [-0.1, -0.05) is 24.4 Å². The van der Waals surface area contributed by atoms with Gasteiger partial charge < -0.3 is 15.5 Å². The predicted octanol–water partition coefficient (Wildman–Crippen LogP) is 5.88. The van der Waals surface area contributed by atoms with Crippen LogP contribution < -0.4 is 19.8 Å². The molecule has 2 aliphatic rings. The fraction of sp³-hybridized carbons (Fsp3) is 0.542. The normalized spacial score (nSPS) is 19.9. The van der Waals surface area contributed by atoms with Gasteiger partial charge >= 0.3 is 12.2 Å². The highest BCUT2D eigenvalue weighted by atomic mass is 35.5. The molecule has 0 spiro atoms. The molecule has 2 aliphatic carbocycles. The van der Waals surface area contributed by atoms with Crippen LogP contribution in [0.1, 0.15) is 55.3 Å². The second kappa shape index (κ2) is 10.9. The molecule has 36 heavy (non-hydrogen) atoms. The number of hydrogen-bond donors (Lipinski definition) is 3. The van der Waals surface area contributed by atoms with E-state index in [1.165, 1.54) is 11.6 Å². The lowest BCUT2D eigenvalue weighted by Gasteiger charge is -2.31. The van der Waals surface area contributed by atoms with Gasteiger partial charge in [0.05, 0.1) is 16.9 Å². The Bertz CT molecular complexity index is 1110. The molecule has 0 saturated heterocycles. The van der Waals surface area contributed by atoms with E-state index in [-0.39, 0.29) is 22.8 Å². The van der Waals surface area contributed by atoms with E-state index in [2.05, 4.69) is 23.4 Å². The first kappa shape index (κ1) is 26.7. The number of amides is 2. The number of rotatable bonds is 5. The molecule has 0 unspecified atom stereocenters. The number of alkyl halides is 3. The maximum atomic E-state index is 13.4. The van der Waals surface area contributed by atoms with Gasteiger partial charge in [0.15, 0.2) is 0 Å². The maximum absolute atomic E-state index is 13.4. The fourth-order valence-corrected chi connectivity index (χ4v) is 5.24. The number of aryl methyl sites for hydroxylation is 1. The van der Waals surface area contributed by atoms with Gasteiger partial charge in [-0.15, -0.1) is 0 Å². The van der Waals surface area contributed by atoms with E-state index in [4.69, 9.17) is 21.6 Å². The van der Waals surface area contributed by atoms with Crippen LogP contribution in [-0.4, -0.2) is 42.2 Å². The molecule has 1 aromatic carbocycles. The summed E-state index contributed by atoms with van der Waals surface area (Å²) in [6.07, 6.45) is 2.44. The molecule has 1 fully saturated rings. The van der Waals surface area contributed by atoms with Crippen molar-refractivity contribution in [2.24, 2.45) is 0 Å². The summed E-state index contributed by atoms with van der Waals surface area (Å²) in [6, 6.07) is 2.48. The molecule has 1 aromatic heterocycles. The van der Waals surface area contributed by atoms with Crippen molar-refractivity contribution >= 4 is 47.9 Å². The highest BCUT2D eigenvalue weighted by molar-refractivity contribution is 7.82. The van der Waals surface area contributed by atoms with E-state index in [0.717, 1.165) is 62.2 Å². The lowest BCUT2D eigenvalue weighted by Crippen LogP contribution is -2.44. The summed E-state index contributed by atoms with van der Waals surface area (Å²) >= 11 is 9.78. The first-order valence-corrected chi connectivity index (χ1v) is 12.8. The molecule has 0 atom stereocenters. The molecule has 4 rings (SSSR count). The zero-order chi connectivity index (χ0) is 26.0. The Balaban J connectivity index is 1.35. The Morgan fingerprint density at radius 1 is 1.08 bits per heavy atom. The van der Waals surface area contributed by atoms with Crippen molar-refractivity contribution in [1.29, 1.82) is 0 Å². The van der Waals surface area contributed by atoms with Gasteiger partial charge in [0.1, 0.15) is 5.82 Å². The number of fused-ring (bicyclic) bond motifs is 1. The van der Waals surface area contributed by atoms with Gasteiger partial charge in [0.25, 0.3) is 0 Å². The molecular formula is C24H30ClF3N6OS. The molecule has 2 amide bonds. The van der Waals surface area contributed by atoms with Crippen molar-refractivity contribution in [3.8, 4) is 0 Å². The predicted molar refractivity (Wildman–Crippen MR) is 139 cm³/mol. The third-order valence-corrected chi connectivity index (χ3v) is 7.29. The smallest absolute Gasteiger partial charge is 0.362 e.